The zero-order valence-electron chi connectivity index (χ0n) is 11.3. The minimum atomic E-state index is 0.110. The highest BCUT2D eigenvalue weighted by Gasteiger charge is 2.31. The molecule has 5 heteroatoms. The Morgan fingerprint density at radius 1 is 1.25 bits per heavy atom. The zero-order chi connectivity index (χ0) is 14.1. The predicted molar refractivity (Wildman–Crippen MR) is 84.3 cm³/mol. The van der Waals surface area contributed by atoms with Crippen LogP contribution in [0.15, 0.2) is 22.7 Å². The van der Waals surface area contributed by atoms with Crippen molar-refractivity contribution in [3.8, 4) is 0 Å². The number of carbonyl (C=O) groups is 1. The summed E-state index contributed by atoms with van der Waals surface area (Å²) in [5, 5.41) is 0.644. The average molecular weight is 358 g/mol. The maximum absolute atomic E-state index is 12.6. The van der Waals surface area contributed by atoms with Crippen LogP contribution in [0.4, 0.5) is 0 Å². The molecule has 1 aromatic carbocycles. The van der Waals surface area contributed by atoms with E-state index in [4.69, 9.17) is 11.6 Å². The van der Waals surface area contributed by atoms with E-state index in [9.17, 15) is 4.79 Å². The molecule has 20 heavy (non-hydrogen) atoms. The van der Waals surface area contributed by atoms with Crippen molar-refractivity contribution in [3.05, 3.63) is 33.3 Å². The van der Waals surface area contributed by atoms with Gasteiger partial charge < -0.3 is 4.90 Å². The number of hydrogen-bond acceptors (Lipinski definition) is 2. The molecule has 0 saturated carbocycles. The lowest BCUT2D eigenvalue weighted by Crippen LogP contribution is -2.56. The largest absolute Gasteiger partial charge is 0.336 e. The van der Waals surface area contributed by atoms with Crippen LogP contribution in [0.1, 0.15) is 29.6 Å². The first-order valence-electron chi connectivity index (χ1n) is 7.13. The van der Waals surface area contributed by atoms with E-state index in [-0.39, 0.29) is 5.91 Å². The fourth-order valence-electron chi connectivity index (χ4n) is 3.17. The van der Waals surface area contributed by atoms with Gasteiger partial charge in [-0.3, -0.25) is 9.69 Å². The van der Waals surface area contributed by atoms with Crippen LogP contribution >= 0.6 is 27.5 Å². The number of piperazine rings is 1. The summed E-state index contributed by atoms with van der Waals surface area (Å²) >= 11 is 9.38. The van der Waals surface area contributed by atoms with Crippen molar-refractivity contribution in [2.45, 2.75) is 25.3 Å². The van der Waals surface area contributed by atoms with E-state index in [1.807, 2.05) is 11.0 Å². The monoisotopic (exact) mass is 356 g/mol. The minimum absolute atomic E-state index is 0.110. The highest BCUT2D eigenvalue weighted by atomic mass is 79.9. The van der Waals surface area contributed by atoms with Gasteiger partial charge in [0.15, 0.2) is 0 Å². The molecular weight excluding hydrogens is 340 g/mol. The fourth-order valence-corrected chi connectivity index (χ4v) is 4.03. The summed E-state index contributed by atoms with van der Waals surface area (Å²) in [6.07, 6.45) is 3.80. The Morgan fingerprint density at radius 3 is 2.90 bits per heavy atom. The van der Waals surface area contributed by atoms with Crippen molar-refractivity contribution in [3.63, 3.8) is 0 Å². The molecule has 1 atom stereocenters. The van der Waals surface area contributed by atoms with E-state index in [2.05, 4.69) is 20.8 Å². The second-order valence-corrected chi connectivity index (χ2v) is 6.85. The third-order valence-electron chi connectivity index (χ3n) is 4.29. The van der Waals surface area contributed by atoms with Gasteiger partial charge in [-0.2, -0.15) is 0 Å². The van der Waals surface area contributed by atoms with E-state index >= 15 is 0 Å². The van der Waals surface area contributed by atoms with Crippen molar-refractivity contribution >= 4 is 33.4 Å². The Labute approximate surface area is 133 Å². The summed E-state index contributed by atoms with van der Waals surface area (Å²) in [6, 6.07) is 5.91. The molecule has 2 heterocycles. The van der Waals surface area contributed by atoms with Crippen molar-refractivity contribution in [2.24, 2.45) is 0 Å². The molecule has 2 aliphatic rings. The number of hydrogen-bond donors (Lipinski definition) is 0. The molecule has 3 nitrogen and oxygen atoms in total. The molecule has 0 aromatic heterocycles. The molecule has 3 rings (SSSR count). The molecule has 1 unspecified atom stereocenters. The number of rotatable bonds is 1. The topological polar surface area (TPSA) is 23.6 Å². The molecule has 2 aliphatic heterocycles. The lowest BCUT2D eigenvalue weighted by molar-refractivity contribution is 0.0372. The summed E-state index contributed by atoms with van der Waals surface area (Å²) < 4.78 is 0.779. The van der Waals surface area contributed by atoms with Crippen LogP contribution in [0.2, 0.25) is 5.02 Å². The van der Waals surface area contributed by atoms with E-state index in [1.54, 1.807) is 12.1 Å². The van der Waals surface area contributed by atoms with Crippen LogP contribution in [0.25, 0.3) is 0 Å². The van der Waals surface area contributed by atoms with Crippen molar-refractivity contribution < 1.29 is 4.79 Å². The maximum Gasteiger partial charge on any atom is 0.255 e. The van der Waals surface area contributed by atoms with E-state index in [1.165, 1.54) is 25.8 Å². The molecule has 2 fully saturated rings. The number of carbonyl (C=O) groups excluding carboxylic acids is 1. The number of amides is 1. The Bertz CT molecular complexity index is 523. The second kappa shape index (κ2) is 6.04. The van der Waals surface area contributed by atoms with Gasteiger partial charge in [0, 0.05) is 35.2 Å². The quantitative estimate of drug-likeness (QED) is 0.769. The Morgan fingerprint density at radius 2 is 2.10 bits per heavy atom. The van der Waals surface area contributed by atoms with Gasteiger partial charge in [0.05, 0.1) is 5.56 Å². The molecule has 0 bridgehead atoms. The maximum atomic E-state index is 12.6. The van der Waals surface area contributed by atoms with Crippen molar-refractivity contribution in [1.82, 2.24) is 9.80 Å². The third-order valence-corrected chi connectivity index (χ3v) is 5.18. The van der Waals surface area contributed by atoms with Gasteiger partial charge >= 0.3 is 0 Å². The van der Waals surface area contributed by atoms with Crippen molar-refractivity contribution in [1.29, 1.82) is 0 Å². The van der Waals surface area contributed by atoms with Gasteiger partial charge in [-0.15, -0.1) is 0 Å². The van der Waals surface area contributed by atoms with Crippen LogP contribution < -0.4 is 0 Å². The molecule has 2 saturated heterocycles. The Kier molecular flexibility index (Phi) is 4.34. The first kappa shape index (κ1) is 14.4. The predicted octanol–water partition coefficient (Wildman–Crippen LogP) is 3.41. The summed E-state index contributed by atoms with van der Waals surface area (Å²) in [7, 11) is 0. The SMILES string of the molecule is O=C(c1ccc(Cl)cc1Br)N1CCN2CCCCC2C1. The molecule has 0 radical (unpaired) electrons. The first-order chi connectivity index (χ1) is 9.65. The molecule has 0 spiro atoms. The molecule has 0 aliphatic carbocycles. The van der Waals surface area contributed by atoms with Crippen LogP contribution in [-0.2, 0) is 0 Å². The fraction of sp³-hybridized carbons (Fsp3) is 0.533. The average Bonchev–Trinajstić information content (AvgIpc) is 2.46. The normalized spacial score (nSPS) is 23.5. The Balaban J connectivity index is 1.74. The third kappa shape index (κ3) is 2.87. The Hall–Kier alpha value is -0.580. The lowest BCUT2D eigenvalue weighted by atomic mass is 9.99. The smallest absolute Gasteiger partial charge is 0.255 e. The van der Waals surface area contributed by atoms with Gasteiger partial charge in [-0.1, -0.05) is 18.0 Å². The summed E-state index contributed by atoms with van der Waals surface area (Å²) in [5.74, 6) is 0.110. The van der Waals surface area contributed by atoms with Crippen LogP contribution in [0.3, 0.4) is 0 Å². The number of nitrogens with zero attached hydrogens (tertiary/aromatic N) is 2. The van der Waals surface area contributed by atoms with Gasteiger partial charge in [-0.25, -0.2) is 0 Å². The lowest BCUT2D eigenvalue weighted by Gasteiger charge is -2.44. The molecule has 1 aromatic rings. The molecule has 108 valence electrons. The summed E-state index contributed by atoms with van der Waals surface area (Å²) in [4.78, 5) is 17.2. The van der Waals surface area contributed by atoms with E-state index in [0.717, 1.165) is 24.1 Å². The van der Waals surface area contributed by atoms with E-state index in [0.29, 0.717) is 16.6 Å². The van der Waals surface area contributed by atoms with Crippen LogP contribution in [0.5, 0.6) is 0 Å². The number of fused-ring (bicyclic) bond motifs is 1. The molecule has 1 amide bonds. The number of piperidine rings is 1. The first-order valence-corrected chi connectivity index (χ1v) is 8.30. The van der Waals surface area contributed by atoms with Crippen molar-refractivity contribution in [2.75, 3.05) is 26.2 Å². The molecular formula is C15H18BrClN2O. The van der Waals surface area contributed by atoms with Gasteiger partial charge in [-0.05, 0) is 53.5 Å². The second-order valence-electron chi connectivity index (χ2n) is 5.56. The van der Waals surface area contributed by atoms with Gasteiger partial charge in [0.25, 0.3) is 5.91 Å². The van der Waals surface area contributed by atoms with E-state index < -0.39 is 0 Å². The van der Waals surface area contributed by atoms with Gasteiger partial charge in [0.1, 0.15) is 0 Å². The number of benzene rings is 1. The highest BCUT2D eigenvalue weighted by Crippen LogP contribution is 2.26. The minimum Gasteiger partial charge on any atom is -0.336 e. The summed E-state index contributed by atoms with van der Waals surface area (Å²) in [5.41, 5.74) is 0.707. The highest BCUT2D eigenvalue weighted by molar-refractivity contribution is 9.10. The van der Waals surface area contributed by atoms with Gasteiger partial charge in [0.2, 0.25) is 0 Å². The molecule has 0 N–H and O–H groups in total. The van der Waals surface area contributed by atoms with Crippen LogP contribution in [0, 0.1) is 0 Å². The van der Waals surface area contributed by atoms with Crippen LogP contribution in [-0.4, -0.2) is 47.9 Å². The number of halogens is 2. The zero-order valence-corrected chi connectivity index (χ0v) is 13.7. The summed E-state index contributed by atoms with van der Waals surface area (Å²) in [6.45, 7) is 3.87. The standard InChI is InChI=1S/C15H18BrClN2O/c16-14-9-11(17)4-5-13(14)15(20)19-8-7-18-6-2-1-3-12(18)10-19/h4-5,9,12H,1-3,6-8,10H2.